The summed E-state index contributed by atoms with van der Waals surface area (Å²) in [4.78, 5) is 11.9. The Labute approximate surface area is 129 Å². The highest BCUT2D eigenvalue weighted by Crippen LogP contribution is 2.17. The van der Waals surface area contributed by atoms with E-state index < -0.39 is 0 Å². The van der Waals surface area contributed by atoms with Gasteiger partial charge in [-0.15, -0.1) is 0 Å². The van der Waals surface area contributed by atoms with Crippen molar-refractivity contribution in [3.8, 4) is 5.75 Å². The summed E-state index contributed by atoms with van der Waals surface area (Å²) in [5.41, 5.74) is 0.951. The van der Waals surface area contributed by atoms with Gasteiger partial charge in [0.05, 0.1) is 18.8 Å². The number of benzene rings is 2. The first kappa shape index (κ1) is 15.8. The van der Waals surface area contributed by atoms with Gasteiger partial charge in [-0.2, -0.15) is 0 Å². The summed E-state index contributed by atoms with van der Waals surface area (Å²) in [6.45, 7) is 2.65. The van der Waals surface area contributed by atoms with Crippen LogP contribution in [0.5, 0.6) is 5.75 Å². The highest BCUT2D eigenvalue weighted by Gasteiger charge is 2.05. The molecule has 0 aliphatic heterocycles. The van der Waals surface area contributed by atoms with Crippen LogP contribution < -0.4 is 15.4 Å². The number of rotatable bonds is 7. The zero-order valence-electron chi connectivity index (χ0n) is 12.4. The second kappa shape index (κ2) is 8.02. The van der Waals surface area contributed by atoms with Crippen LogP contribution in [0.3, 0.4) is 0 Å². The van der Waals surface area contributed by atoms with E-state index in [4.69, 9.17) is 4.74 Å². The maximum Gasteiger partial charge on any atom is 0.243 e. The number of hydrogen-bond donors (Lipinski definition) is 2. The fraction of sp³-hybridized carbons (Fsp3) is 0.235. The molecule has 116 valence electrons. The van der Waals surface area contributed by atoms with Gasteiger partial charge < -0.3 is 15.4 Å². The topological polar surface area (TPSA) is 50.4 Å². The minimum atomic E-state index is -0.384. The van der Waals surface area contributed by atoms with Crippen LogP contribution in [0.25, 0.3) is 0 Å². The standard InChI is InChI=1S/C17H19FN2O2/c1-2-10-22-14-7-5-6-13(11-14)20-17(21)12-19-16-9-4-3-8-15(16)18/h3-9,11,19H,2,10,12H2,1H3,(H,20,21). The fourth-order valence-electron chi connectivity index (χ4n) is 1.87. The average molecular weight is 302 g/mol. The van der Waals surface area contributed by atoms with Gasteiger partial charge in [-0.25, -0.2) is 4.39 Å². The van der Waals surface area contributed by atoms with Crippen LogP contribution >= 0.6 is 0 Å². The molecular weight excluding hydrogens is 283 g/mol. The predicted molar refractivity (Wildman–Crippen MR) is 85.7 cm³/mol. The Morgan fingerprint density at radius 2 is 2.00 bits per heavy atom. The zero-order chi connectivity index (χ0) is 15.8. The molecule has 0 fully saturated rings. The SMILES string of the molecule is CCCOc1cccc(NC(=O)CNc2ccccc2F)c1. The maximum atomic E-state index is 13.4. The van der Waals surface area contributed by atoms with Gasteiger partial charge in [0, 0.05) is 11.8 Å². The van der Waals surface area contributed by atoms with Crippen molar-refractivity contribution in [2.45, 2.75) is 13.3 Å². The van der Waals surface area contributed by atoms with E-state index in [1.165, 1.54) is 6.07 Å². The van der Waals surface area contributed by atoms with Crippen molar-refractivity contribution < 1.29 is 13.9 Å². The summed E-state index contributed by atoms with van der Waals surface area (Å²) in [6.07, 6.45) is 0.920. The van der Waals surface area contributed by atoms with Gasteiger partial charge >= 0.3 is 0 Å². The molecule has 0 aliphatic rings. The molecule has 0 aromatic heterocycles. The monoisotopic (exact) mass is 302 g/mol. The number of nitrogens with one attached hydrogen (secondary N) is 2. The zero-order valence-corrected chi connectivity index (χ0v) is 12.4. The van der Waals surface area contributed by atoms with Crippen molar-refractivity contribution in [2.75, 3.05) is 23.8 Å². The van der Waals surface area contributed by atoms with Crippen LogP contribution in [0.15, 0.2) is 48.5 Å². The second-order valence-corrected chi connectivity index (χ2v) is 4.76. The van der Waals surface area contributed by atoms with E-state index in [1.807, 2.05) is 19.1 Å². The van der Waals surface area contributed by atoms with Gasteiger partial charge in [0.15, 0.2) is 0 Å². The van der Waals surface area contributed by atoms with E-state index in [9.17, 15) is 9.18 Å². The number of amides is 1. The van der Waals surface area contributed by atoms with Crippen LogP contribution in [0, 0.1) is 5.82 Å². The lowest BCUT2D eigenvalue weighted by Crippen LogP contribution is -2.22. The van der Waals surface area contributed by atoms with E-state index in [0.717, 1.165) is 6.42 Å². The van der Waals surface area contributed by atoms with Crippen LogP contribution in [0.1, 0.15) is 13.3 Å². The van der Waals surface area contributed by atoms with E-state index >= 15 is 0 Å². The first-order valence-electron chi connectivity index (χ1n) is 7.20. The molecule has 0 heterocycles. The molecule has 2 aromatic rings. The highest BCUT2D eigenvalue weighted by molar-refractivity contribution is 5.93. The van der Waals surface area contributed by atoms with Gasteiger partial charge in [-0.3, -0.25) is 4.79 Å². The molecule has 0 atom stereocenters. The van der Waals surface area contributed by atoms with Crippen molar-refractivity contribution >= 4 is 17.3 Å². The first-order chi connectivity index (χ1) is 10.7. The first-order valence-corrected chi connectivity index (χ1v) is 7.20. The number of carbonyl (C=O) groups excluding carboxylic acids is 1. The van der Waals surface area contributed by atoms with Crippen LogP contribution in [-0.2, 0) is 4.79 Å². The molecule has 0 spiro atoms. The number of carbonyl (C=O) groups is 1. The second-order valence-electron chi connectivity index (χ2n) is 4.76. The van der Waals surface area contributed by atoms with Crippen molar-refractivity contribution in [3.05, 3.63) is 54.3 Å². The lowest BCUT2D eigenvalue weighted by Gasteiger charge is -2.10. The molecule has 0 saturated carbocycles. The molecule has 0 bridgehead atoms. The molecule has 2 aromatic carbocycles. The van der Waals surface area contributed by atoms with Crippen LogP contribution in [0.4, 0.5) is 15.8 Å². The minimum absolute atomic E-state index is 0.0129. The third kappa shape index (κ3) is 4.77. The van der Waals surface area contributed by atoms with E-state index in [-0.39, 0.29) is 18.3 Å². The number of hydrogen-bond acceptors (Lipinski definition) is 3. The Bertz CT molecular complexity index is 632. The molecule has 0 radical (unpaired) electrons. The quantitative estimate of drug-likeness (QED) is 0.820. The Morgan fingerprint density at radius 1 is 1.18 bits per heavy atom. The van der Waals surface area contributed by atoms with Gasteiger partial charge in [-0.1, -0.05) is 25.1 Å². The van der Waals surface area contributed by atoms with Crippen molar-refractivity contribution in [1.29, 1.82) is 0 Å². The smallest absolute Gasteiger partial charge is 0.243 e. The fourth-order valence-corrected chi connectivity index (χ4v) is 1.87. The number of ether oxygens (including phenoxy) is 1. The minimum Gasteiger partial charge on any atom is -0.494 e. The molecule has 4 nitrogen and oxygen atoms in total. The molecule has 2 rings (SSSR count). The van der Waals surface area contributed by atoms with Crippen molar-refractivity contribution in [3.63, 3.8) is 0 Å². The molecule has 0 aliphatic carbocycles. The van der Waals surface area contributed by atoms with Crippen molar-refractivity contribution in [1.82, 2.24) is 0 Å². The Hall–Kier alpha value is -2.56. The summed E-state index contributed by atoms with van der Waals surface area (Å²) >= 11 is 0. The Morgan fingerprint density at radius 3 is 2.77 bits per heavy atom. The predicted octanol–water partition coefficient (Wildman–Crippen LogP) is 3.67. The molecule has 22 heavy (non-hydrogen) atoms. The molecule has 0 unspecified atom stereocenters. The molecule has 5 heteroatoms. The van der Waals surface area contributed by atoms with E-state index in [2.05, 4.69) is 10.6 Å². The summed E-state index contributed by atoms with van der Waals surface area (Å²) in [7, 11) is 0. The maximum absolute atomic E-state index is 13.4. The van der Waals surface area contributed by atoms with Crippen LogP contribution in [0.2, 0.25) is 0 Å². The summed E-state index contributed by atoms with van der Waals surface area (Å²) in [5, 5.41) is 5.51. The molecular formula is C17H19FN2O2. The van der Waals surface area contributed by atoms with E-state index in [1.54, 1.807) is 30.3 Å². The van der Waals surface area contributed by atoms with Crippen molar-refractivity contribution in [2.24, 2.45) is 0 Å². The lowest BCUT2D eigenvalue weighted by atomic mass is 10.3. The summed E-state index contributed by atoms with van der Waals surface area (Å²) < 4.78 is 18.9. The average Bonchev–Trinajstić information content (AvgIpc) is 2.52. The molecule has 1 amide bonds. The van der Waals surface area contributed by atoms with Gasteiger partial charge in [0.1, 0.15) is 11.6 Å². The third-order valence-corrected chi connectivity index (χ3v) is 2.90. The van der Waals surface area contributed by atoms with Gasteiger partial charge in [0.2, 0.25) is 5.91 Å². The van der Waals surface area contributed by atoms with Gasteiger partial charge in [-0.05, 0) is 30.7 Å². The summed E-state index contributed by atoms with van der Waals surface area (Å²) in [6, 6.07) is 13.4. The van der Waals surface area contributed by atoms with Gasteiger partial charge in [0.25, 0.3) is 0 Å². The van der Waals surface area contributed by atoms with Crippen LogP contribution in [-0.4, -0.2) is 19.1 Å². The Kier molecular flexibility index (Phi) is 5.77. The third-order valence-electron chi connectivity index (χ3n) is 2.90. The highest BCUT2D eigenvalue weighted by atomic mass is 19.1. The molecule has 2 N–H and O–H groups in total. The number of halogens is 1. The number of para-hydroxylation sites is 1. The largest absolute Gasteiger partial charge is 0.494 e. The number of anilines is 2. The van der Waals surface area contributed by atoms with E-state index in [0.29, 0.717) is 23.7 Å². The Balaban J connectivity index is 1.88. The summed E-state index contributed by atoms with van der Waals surface area (Å²) in [5.74, 6) is 0.0721. The normalized spacial score (nSPS) is 10.1. The lowest BCUT2D eigenvalue weighted by molar-refractivity contribution is -0.114. The molecule has 0 saturated heterocycles.